The van der Waals surface area contributed by atoms with Crippen LogP contribution in [0.2, 0.25) is 0 Å². The van der Waals surface area contributed by atoms with Gasteiger partial charge in [-0.15, -0.1) is 11.3 Å². The van der Waals surface area contributed by atoms with Crippen molar-refractivity contribution in [1.82, 2.24) is 4.90 Å². The molecule has 0 aliphatic carbocycles. The van der Waals surface area contributed by atoms with E-state index in [-0.39, 0.29) is 30.9 Å². The molecule has 6 nitrogen and oxygen atoms in total. The Morgan fingerprint density at radius 2 is 2.12 bits per heavy atom. The Morgan fingerprint density at radius 3 is 2.88 bits per heavy atom. The molecule has 7 heteroatoms. The molecule has 0 unspecified atom stereocenters. The van der Waals surface area contributed by atoms with Crippen molar-refractivity contribution in [2.45, 2.75) is 19.9 Å². The summed E-state index contributed by atoms with van der Waals surface area (Å²) in [7, 11) is 1.80. The van der Waals surface area contributed by atoms with E-state index in [0.29, 0.717) is 24.6 Å². The van der Waals surface area contributed by atoms with Crippen LogP contribution in [0.1, 0.15) is 16.9 Å². The van der Waals surface area contributed by atoms with Gasteiger partial charge >= 0.3 is 0 Å². The van der Waals surface area contributed by atoms with Crippen molar-refractivity contribution in [3.63, 3.8) is 0 Å². The van der Waals surface area contributed by atoms with E-state index in [2.05, 4.69) is 6.07 Å². The summed E-state index contributed by atoms with van der Waals surface area (Å²) >= 11 is 1.65. The lowest BCUT2D eigenvalue weighted by atomic mass is 10.1. The number of amides is 2. The Bertz CT molecular complexity index is 863. The van der Waals surface area contributed by atoms with Gasteiger partial charge in [-0.25, -0.2) is 0 Å². The molecule has 26 heavy (non-hydrogen) atoms. The van der Waals surface area contributed by atoms with Crippen LogP contribution in [0.25, 0.3) is 0 Å². The molecule has 1 atom stereocenters. The van der Waals surface area contributed by atoms with Crippen LogP contribution in [-0.4, -0.2) is 37.1 Å². The van der Waals surface area contributed by atoms with E-state index in [1.54, 1.807) is 40.3 Å². The molecule has 0 bridgehead atoms. The third kappa shape index (κ3) is 3.03. The molecule has 2 aliphatic heterocycles. The number of thiophene rings is 1. The summed E-state index contributed by atoms with van der Waals surface area (Å²) in [6.45, 7) is 3.22. The summed E-state index contributed by atoms with van der Waals surface area (Å²) in [6.07, 6.45) is 0.237. The number of hydrogen-bond donors (Lipinski definition) is 0. The highest BCUT2D eigenvalue weighted by Gasteiger charge is 2.37. The zero-order chi connectivity index (χ0) is 18.3. The highest BCUT2D eigenvalue weighted by Crippen LogP contribution is 2.37. The van der Waals surface area contributed by atoms with Crippen molar-refractivity contribution in [2.24, 2.45) is 5.92 Å². The lowest BCUT2D eigenvalue weighted by molar-refractivity contribution is -0.135. The normalized spacial score (nSPS) is 18.5. The second-order valence-electron chi connectivity index (χ2n) is 6.66. The molecule has 1 saturated heterocycles. The minimum absolute atomic E-state index is 0.00870. The number of fused-ring (bicyclic) bond motifs is 1. The zero-order valence-corrected chi connectivity index (χ0v) is 15.5. The Balaban J connectivity index is 1.45. The average Bonchev–Trinajstić information content (AvgIpc) is 3.34. The number of carbonyl (C=O) groups is 2. The third-order valence-electron chi connectivity index (χ3n) is 4.87. The van der Waals surface area contributed by atoms with Gasteiger partial charge in [-0.3, -0.25) is 9.59 Å². The number of ether oxygens (including phenoxy) is 2. The van der Waals surface area contributed by atoms with Crippen molar-refractivity contribution in [3.05, 3.63) is 40.1 Å². The van der Waals surface area contributed by atoms with Crippen LogP contribution < -0.4 is 14.4 Å². The van der Waals surface area contributed by atoms with Gasteiger partial charge < -0.3 is 19.3 Å². The number of hydrogen-bond acceptors (Lipinski definition) is 5. The van der Waals surface area contributed by atoms with Gasteiger partial charge in [0.05, 0.1) is 12.5 Å². The average molecular weight is 372 g/mol. The number of carbonyl (C=O) groups excluding carboxylic acids is 2. The zero-order valence-electron chi connectivity index (χ0n) is 14.7. The second kappa shape index (κ2) is 6.64. The van der Waals surface area contributed by atoms with E-state index in [4.69, 9.17) is 9.47 Å². The molecule has 0 N–H and O–H groups in total. The van der Waals surface area contributed by atoms with Gasteiger partial charge in [0.25, 0.3) is 0 Å². The predicted molar refractivity (Wildman–Crippen MR) is 98.6 cm³/mol. The van der Waals surface area contributed by atoms with Crippen LogP contribution in [0.5, 0.6) is 11.5 Å². The molecule has 136 valence electrons. The summed E-state index contributed by atoms with van der Waals surface area (Å²) in [6, 6.07) is 7.48. The van der Waals surface area contributed by atoms with Crippen molar-refractivity contribution in [1.29, 1.82) is 0 Å². The molecule has 2 aliphatic rings. The predicted octanol–water partition coefficient (Wildman–Crippen LogP) is 2.80. The molecular formula is C19H20N2O4S. The summed E-state index contributed by atoms with van der Waals surface area (Å²) in [5.74, 6) is 0.963. The fraction of sp³-hybridized carbons (Fsp3) is 0.368. The molecule has 4 rings (SSSR count). The highest BCUT2D eigenvalue weighted by atomic mass is 32.1. The van der Waals surface area contributed by atoms with Gasteiger partial charge in [-0.1, -0.05) is 0 Å². The number of nitrogens with zero attached hydrogens (tertiary/aromatic N) is 2. The van der Waals surface area contributed by atoms with Crippen molar-refractivity contribution in [2.75, 3.05) is 25.3 Å². The van der Waals surface area contributed by atoms with Crippen molar-refractivity contribution in [3.8, 4) is 11.5 Å². The van der Waals surface area contributed by atoms with Crippen molar-refractivity contribution >= 4 is 28.8 Å². The Morgan fingerprint density at radius 1 is 1.31 bits per heavy atom. The van der Waals surface area contributed by atoms with Gasteiger partial charge in [0.2, 0.25) is 18.6 Å². The molecule has 1 aromatic carbocycles. The smallest absolute Gasteiger partial charge is 0.231 e. The van der Waals surface area contributed by atoms with Crippen LogP contribution in [0, 0.1) is 12.8 Å². The first-order valence-corrected chi connectivity index (χ1v) is 9.39. The maximum atomic E-state index is 12.8. The van der Waals surface area contributed by atoms with E-state index in [9.17, 15) is 9.59 Å². The van der Waals surface area contributed by atoms with Gasteiger partial charge in [-0.2, -0.15) is 0 Å². The van der Waals surface area contributed by atoms with Gasteiger partial charge in [-0.05, 0) is 36.1 Å². The molecule has 1 aromatic heterocycles. The topological polar surface area (TPSA) is 59.1 Å². The van der Waals surface area contributed by atoms with Gasteiger partial charge in [0.1, 0.15) is 0 Å². The molecule has 3 heterocycles. The molecule has 1 fully saturated rings. The summed E-state index contributed by atoms with van der Waals surface area (Å²) in [5, 5.41) is 2.03. The first-order valence-electron chi connectivity index (χ1n) is 8.51. The van der Waals surface area contributed by atoms with Crippen LogP contribution in [0.3, 0.4) is 0 Å². The fourth-order valence-corrected chi connectivity index (χ4v) is 4.31. The molecule has 2 aromatic rings. The van der Waals surface area contributed by atoms with E-state index in [1.165, 1.54) is 10.4 Å². The Hall–Kier alpha value is -2.54. The number of anilines is 1. The van der Waals surface area contributed by atoms with Gasteiger partial charge in [0.15, 0.2) is 11.5 Å². The summed E-state index contributed by atoms with van der Waals surface area (Å²) in [5.41, 5.74) is 1.94. The molecule has 0 saturated carbocycles. The fourth-order valence-electron chi connectivity index (χ4n) is 3.35. The number of aryl methyl sites for hydroxylation is 1. The molecule has 0 radical (unpaired) electrons. The van der Waals surface area contributed by atoms with E-state index >= 15 is 0 Å². The van der Waals surface area contributed by atoms with Crippen LogP contribution in [0.15, 0.2) is 29.6 Å². The highest BCUT2D eigenvalue weighted by molar-refractivity contribution is 7.10. The first kappa shape index (κ1) is 16.9. The number of benzene rings is 1. The van der Waals surface area contributed by atoms with E-state index < -0.39 is 0 Å². The maximum Gasteiger partial charge on any atom is 0.231 e. The monoisotopic (exact) mass is 372 g/mol. The minimum Gasteiger partial charge on any atom is -0.454 e. The SMILES string of the molecule is Cc1ccsc1CN(C)C(=O)[C@H]1CC(=O)N(c2ccc3c(c2)OCO3)C1. The minimum atomic E-state index is -0.321. The summed E-state index contributed by atoms with van der Waals surface area (Å²) < 4.78 is 10.7. The second-order valence-corrected chi connectivity index (χ2v) is 7.66. The quantitative estimate of drug-likeness (QED) is 0.828. The number of rotatable bonds is 4. The van der Waals surface area contributed by atoms with Crippen LogP contribution in [-0.2, 0) is 16.1 Å². The lowest BCUT2D eigenvalue weighted by Gasteiger charge is -2.21. The Labute approximate surface area is 155 Å². The molecule has 2 amide bonds. The largest absolute Gasteiger partial charge is 0.454 e. The first-order chi connectivity index (χ1) is 12.5. The maximum absolute atomic E-state index is 12.8. The van der Waals surface area contributed by atoms with E-state index in [1.807, 2.05) is 18.4 Å². The third-order valence-corrected chi connectivity index (χ3v) is 5.88. The molecular weight excluding hydrogens is 352 g/mol. The van der Waals surface area contributed by atoms with E-state index in [0.717, 1.165) is 5.69 Å². The van der Waals surface area contributed by atoms with Crippen LogP contribution >= 0.6 is 11.3 Å². The van der Waals surface area contributed by atoms with Crippen LogP contribution in [0.4, 0.5) is 5.69 Å². The van der Waals surface area contributed by atoms with Gasteiger partial charge in [0, 0.05) is 36.6 Å². The standard InChI is InChI=1S/C19H20N2O4S/c1-12-5-6-26-17(12)10-20(2)19(23)13-7-18(22)21(9-13)14-3-4-15-16(8-14)25-11-24-15/h3-6,8,13H,7,9-11H2,1-2H3/t13-/m0/s1. The van der Waals surface area contributed by atoms with Crippen molar-refractivity contribution < 1.29 is 19.1 Å². The lowest BCUT2D eigenvalue weighted by Crippen LogP contribution is -2.34. The molecule has 0 spiro atoms. The summed E-state index contributed by atoms with van der Waals surface area (Å²) in [4.78, 5) is 29.8. The Kier molecular flexibility index (Phi) is 4.32.